The van der Waals surface area contributed by atoms with Crippen LogP contribution in [0.5, 0.6) is 11.5 Å². The molecule has 0 aromatic heterocycles. The van der Waals surface area contributed by atoms with Crippen molar-refractivity contribution in [3.05, 3.63) is 99.1 Å². The second-order valence-corrected chi connectivity index (χ2v) is 13.3. The van der Waals surface area contributed by atoms with Crippen LogP contribution in [0.1, 0.15) is 6.92 Å². The second-order valence-electron chi connectivity index (χ2n) is 6.75. The lowest BCUT2D eigenvalue weighted by atomic mass is 10.3. The van der Waals surface area contributed by atoms with Gasteiger partial charge in [0.25, 0.3) is 17.9 Å². The summed E-state index contributed by atoms with van der Waals surface area (Å²) in [5.74, 6) is 0.832. The quantitative estimate of drug-likeness (QED) is 0.146. The molecule has 0 aliphatic carbocycles. The van der Waals surface area contributed by atoms with E-state index in [2.05, 4.69) is 0 Å². The molecular formula is C22H24N2O9P2S2. The molecule has 0 heterocycles. The van der Waals surface area contributed by atoms with Crippen molar-refractivity contribution in [2.24, 2.45) is 0 Å². The summed E-state index contributed by atoms with van der Waals surface area (Å²) in [6, 6.07) is 20.7. The molecule has 0 aliphatic rings. The van der Waals surface area contributed by atoms with Crippen LogP contribution >= 0.6 is 13.2 Å². The van der Waals surface area contributed by atoms with E-state index < -0.39 is 23.1 Å². The summed E-state index contributed by atoms with van der Waals surface area (Å²) in [5.41, 5.74) is -0.0118. The van der Waals surface area contributed by atoms with Crippen molar-refractivity contribution in [1.82, 2.24) is 0 Å². The third kappa shape index (κ3) is 9.24. The Labute approximate surface area is 224 Å². The summed E-state index contributed by atoms with van der Waals surface area (Å²) < 4.78 is 26.6. The normalized spacial score (nSPS) is 12.4. The minimum Gasteiger partial charge on any atom is -0.440 e. The van der Waals surface area contributed by atoms with Gasteiger partial charge in [0.05, 0.1) is 16.5 Å². The van der Waals surface area contributed by atoms with Crippen molar-refractivity contribution in [3.8, 4) is 11.5 Å². The molecule has 198 valence electrons. The van der Waals surface area contributed by atoms with Crippen LogP contribution in [0.2, 0.25) is 0 Å². The van der Waals surface area contributed by atoms with Crippen LogP contribution in [0, 0.1) is 20.2 Å². The minimum atomic E-state index is -2.78. The maximum Gasteiger partial charge on any atom is 0.380 e. The van der Waals surface area contributed by atoms with E-state index in [1.807, 2.05) is 37.3 Å². The molecule has 3 rings (SSSR count). The van der Waals surface area contributed by atoms with Gasteiger partial charge in [0.15, 0.2) is 0 Å². The highest BCUT2D eigenvalue weighted by Crippen LogP contribution is 2.48. The summed E-state index contributed by atoms with van der Waals surface area (Å²) >= 11 is 10.5. The number of hydrogen-bond acceptors (Lipinski definition) is 11. The Morgan fingerprint density at radius 3 is 1.54 bits per heavy atom. The lowest BCUT2D eigenvalue weighted by Gasteiger charge is -2.22. The highest BCUT2D eigenvalue weighted by Gasteiger charge is 2.23. The molecule has 1 unspecified atom stereocenters. The summed E-state index contributed by atoms with van der Waals surface area (Å²) in [4.78, 5) is 20.1. The molecule has 11 nitrogen and oxygen atoms in total. The average molecular weight is 587 g/mol. The largest absolute Gasteiger partial charge is 0.440 e. The predicted octanol–water partition coefficient (Wildman–Crippen LogP) is 6.14. The molecule has 0 bridgehead atoms. The first-order valence-electron chi connectivity index (χ1n) is 10.5. The number of non-ortho nitro benzene ring substituents is 2. The molecule has 1 atom stereocenters. The molecule has 37 heavy (non-hydrogen) atoms. The van der Waals surface area contributed by atoms with E-state index in [1.165, 1.54) is 62.8 Å². The fraction of sp³-hybridized carbons (Fsp3) is 0.182. The topological polar surface area (TPSA) is 132 Å². The van der Waals surface area contributed by atoms with Crippen molar-refractivity contribution >= 4 is 53.5 Å². The minimum absolute atomic E-state index is 0.00627. The van der Waals surface area contributed by atoms with Crippen LogP contribution < -0.4 is 14.4 Å². The molecule has 3 aromatic rings. The standard InChI is InChI=1S/C14H14NO4PS.C8H10NO5PS/c1-2-18-20(21,14-6-4-3-5-7-14)19-13-10-8-12(9-11-13)15(16)17;1-12-15(16,13-2)14-8-5-3-7(4-6-8)9(10)11/h3-11H,2H2,1H3;3-6H,1-2H3. The van der Waals surface area contributed by atoms with Gasteiger partial charge in [-0.05, 0) is 55.1 Å². The van der Waals surface area contributed by atoms with Gasteiger partial charge in [-0.3, -0.25) is 20.2 Å². The average Bonchev–Trinajstić information content (AvgIpc) is 2.90. The highest BCUT2D eigenvalue weighted by atomic mass is 32.5. The van der Waals surface area contributed by atoms with Gasteiger partial charge in [-0.1, -0.05) is 18.2 Å². The SMILES string of the molecule is CCOP(=S)(Oc1ccc([N+](=O)[O-])cc1)c1ccccc1.COP(=S)(OC)Oc1ccc([N+](=O)[O-])cc1. The number of nitrogens with zero attached hydrogens (tertiary/aromatic N) is 2. The molecule has 0 spiro atoms. The first kappa shape index (κ1) is 30.5. The number of benzene rings is 3. The lowest BCUT2D eigenvalue weighted by molar-refractivity contribution is -0.385. The predicted molar refractivity (Wildman–Crippen MR) is 148 cm³/mol. The molecule has 3 aromatic carbocycles. The van der Waals surface area contributed by atoms with E-state index >= 15 is 0 Å². The summed E-state index contributed by atoms with van der Waals surface area (Å²) in [7, 11) is 2.77. The molecule has 0 fully saturated rings. The van der Waals surface area contributed by atoms with Gasteiger partial charge in [0, 0.05) is 55.6 Å². The first-order chi connectivity index (χ1) is 17.6. The molecular weight excluding hydrogens is 562 g/mol. The number of hydrogen-bond donors (Lipinski definition) is 0. The van der Waals surface area contributed by atoms with Crippen molar-refractivity contribution in [3.63, 3.8) is 0 Å². The molecule has 15 heteroatoms. The van der Waals surface area contributed by atoms with Crippen molar-refractivity contribution < 1.29 is 32.5 Å². The second kappa shape index (κ2) is 14.3. The Balaban J connectivity index is 0.000000271. The summed E-state index contributed by atoms with van der Waals surface area (Å²) in [6.07, 6.45) is 0. The van der Waals surface area contributed by atoms with Gasteiger partial charge in [-0.25, -0.2) is 0 Å². The van der Waals surface area contributed by atoms with E-state index in [1.54, 1.807) is 0 Å². The van der Waals surface area contributed by atoms with Gasteiger partial charge in [-0.2, -0.15) is 0 Å². The van der Waals surface area contributed by atoms with Crippen LogP contribution in [-0.2, 0) is 37.2 Å². The van der Waals surface area contributed by atoms with Gasteiger partial charge >= 0.3 is 6.72 Å². The molecule has 0 radical (unpaired) electrons. The van der Waals surface area contributed by atoms with Crippen molar-refractivity contribution in [1.29, 1.82) is 0 Å². The van der Waals surface area contributed by atoms with Gasteiger partial charge in [0.2, 0.25) is 0 Å². The maximum absolute atomic E-state index is 10.6. The van der Waals surface area contributed by atoms with E-state index in [0.29, 0.717) is 18.1 Å². The Bertz CT molecular complexity index is 1270. The fourth-order valence-corrected chi connectivity index (χ4v) is 6.07. The molecule has 0 aliphatic heterocycles. The number of nitro benzene ring substituents is 2. The number of nitro groups is 2. The van der Waals surface area contributed by atoms with Crippen LogP contribution in [-0.4, -0.2) is 30.7 Å². The molecule has 0 saturated heterocycles. The van der Waals surface area contributed by atoms with Gasteiger partial charge in [-0.15, -0.1) is 0 Å². The molecule has 0 N–H and O–H groups in total. The maximum atomic E-state index is 10.6. The zero-order valence-corrected chi connectivity index (χ0v) is 23.4. The Kier molecular flexibility index (Phi) is 11.7. The van der Waals surface area contributed by atoms with Crippen LogP contribution in [0.15, 0.2) is 78.9 Å². The smallest absolute Gasteiger partial charge is 0.380 e. The third-order valence-electron chi connectivity index (χ3n) is 4.36. The van der Waals surface area contributed by atoms with Crippen LogP contribution in [0.4, 0.5) is 11.4 Å². The van der Waals surface area contributed by atoms with Crippen molar-refractivity contribution in [2.75, 3.05) is 20.8 Å². The van der Waals surface area contributed by atoms with Crippen molar-refractivity contribution in [2.45, 2.75) is 6.92 Å². The fourth-order valence-electron chi connectivity index (χ4n) is 2.61. The Hall–Kier alpha value is -2.76. The van der Waals surface area contributed by atoms with E-state index in [9.17, 15) is 20.2 Å². The zero-order chi connectivity index (χ0) is 27.5. The Morgan fingerprint density at radius 1 is 0.730 bits per heavy atom. The Morgan fingerprint density at radius 2 is 1.16 bits per heavy atom. The summed E-state index contributed by atoms with van der Waals surface area (Å²) in [6.45, 7) is -3.17. The van der Waals surface area contributed by atoms with Gasteiger partial charge < -0.3 is 22.6 Å². The summed E-state index contributed by atoms with van der Waals surface area (Å²) in [5, 5.41) is 21.9. The van der Waals surface area contributed by atoms with Gasteiger partial charge in [0.1, 0.15) is 11.5 Å². The van der Waals surface area contributed by atoms with Crippen LogP contribution in [0.25, 0.3) is 0 Å². The van der Waals surface area contributed by atoms with Crippen LogP contribution in [0.3, 0.4) is 0 Å². The number of rotatable bonds is 11. The van der Waals surface area contributed by atoms with E-state index in [-0.39, 0.29) is 11.4 Å². The third-order valence-corrected chi connectivity index (χ3v) is 9.96. The zero-order valence-electron chi connectivity index (χ0n) is 20.0. The molecule has 0 amide bonds. The van der Waals surface area contributed by atoms with E-state index in [4.69, 9.17) is 46.2 Å². The lowest BCUT2D eigenvalue weighted by Crippen LogP contribution is -2.11. The highest BCUT2D eigenvalue weighted by molar-refractivity contribution is 8.13. The monoisotopic (exact) mass is 586 g/mol. The first-order valence-corrected chi connectivity index (χ1v) is 15.6. The molecule has 0 saturated carbocycles. The van der Waals surface area contributed by atoms with E-state index in [0.717, 1.165) is 5.30 Å².